The number of hydrogen-bond acceptors (Lipinski definition) is 4. The van der Waals surface area contributed by atoms with Crippen LogP contribution >= 0.6 is 0 Å². The summed E-state index contributed by atoms with van der Waals surface area (Å²) in [6, 6.07) is 2.05. The van der Waals surface area contributed by atoms with Gasteiger partial charge in [0.15, 0.2) is 0 Å². The molecule has 0 bridgehead atoms. The van der Waals surface area contributed by atoms with Crippen molar-refractivity contribution < 1.29 is 9.90 Å². The summed E-state index contributed by atoms with van der Waals surface area (Å²) in [5.74, 6) is -0.975. The third kappa shape index (κ3) is 2.81. The zero-order valence-corrected chi connectivity index (χ0v) is 9.34. The molecule has 0 radical (unpaired) electrons. The Labute approximate surface area is 93.7 Å². The summed E-state index contributed by atoms with van der Waals surface area (Å²) in [4.78, 5) is 12.8. The quantitative estimate of drug-likeness (QED) is 0.782. The Bertz CT molecular complexity index is 419. The van der Waals surface area contributed by atoms with Gasteiger partial charge in [0.05, 0.1) is 18.0 Å². The van der Waals surface area contributed by atoms with E-state index in [1.807, 2.05) is 18.0 Å². The predicted molar refractivity (Wildman–Crippen MR) is 56.7 cm³/mol. The maximum atomic E-state index is 10.9. The maximum absolute atomic E-state index is 10.9. The first kappa shape index (κ1) is 12.2. The molecule has 0 saturated heterocycles. The number of hydrogen-bond donors (Lipinski definition) is 1. The van der Waals surface area contributed by atoms with E-state index in [1.165, 1.54) is 6.20 Å². The summed E-state index contributed by atoms with van der Waals surface area (Å²) in [6.45, 7) is 1.08. The number of aromatic carboxylic acids is 1. The van der Waals surface area contributed by atoms with Gasteiger partial charge in [-0.05, 0) is 7.05 Å². The molecule has 0 atom stereocenters. The number of carboxylic acid groups (broad SMARTS) is 1. The van der Waals surface area contributed by atoms with Crippen LogP contribution in [0.15, 0.2) is 6.20 Å². The number of carboxylic acids is 1. The van der Waals surface area contributed by atoms with Crippen LogP contribution in [0.25, 0.3) is 0 Å². The van der Waals surface area contributed by atoms with Gasteiger partial charge in [0.2, 0.25) is 0 Å². The highest BCUT2D eigenvalue weighted by atomic mass is 16.4. The minimum atomic E-state index is -0.975. The van der Waals surface area contributed by atoms with E-state index in [0.29, 0.717) is 25.2 Å². The van der Waals surface area contributed by atoms with Crippen LogP contribution in [0, 0.1) is 11.3 Å². The van der Waals surface area contributed by atoms with E-state index in [9.17, 15) is 4.79 Å². The minimum Gasteiger partial charge on any atom is -0.478 e. The highest BCUT2D eigenvalue weighted by Crippen LogP contribution is 2.10. The van der Waals surface area contributed by atoms with E-state index in [0.717, 1.165) is 0 Å². The number of nitrogens with zero attached hydrogens (tertiary/aromatic N) is 4. The van der Waals surface area contributed by atoms with Crippen molar-refractivity contribution in [3.05, 3.63) is 17.5 Å². The van der Waals surface area contributed by atoms with Gasteiger partial charge in [-0.15, -0.1) is 0 Å². The molecule has 0 fully saturated rings. The molecule has 6 nitrogen and oxygen atoms in total. The van der Waals surface area contributed by atoms with Crippen LogP contribution < -0.4 is 0 Å². The molecule has 0 aliphatic heterocycles. The van der Waals surface area contributed by atoms with Crippen molar-refractivity contribution in [2.75, 3.05) is 13.6 Å². The van der Waals surface area contributed by atoms with Crippen molar-refractivity contribution in [1.29, 1.82) is 5.26 Å². The average Bonchev–Trinajstić information content (AvgIpc) is 2.58. The molecule has 0 aliphatic carbocycles. The van der Waals surface area contributed by atoms with Gasteiger partial charge < -0.3 is 5.11 Å². The number of aromatic nitrogens is 2. The number of aryl methyl sites for hydroxylation is 1. The van der Waals surface area contributed by atoms with E-state index >= 15 is 0 Å². The standard InChI is InChI=1S/C10H14N4O2/c1-13(5-3-4-11)7-9-8(10(15)16)6-12-14(9)2/h6H,3,5,7H2,1-2H3,(H,15,16). The normalized spacial score (nSPS) is 10.4. The molecule has 1 aromatic rings. The Hall–Kier alpha value is -1.87. The van der Waals surface area contributed by atoms with Gasteiger partial charge in [-0.2, -0.15) is 10.4 Å². The van der Waals surface area contributed by atoms with Crippen LogP contribution in [0.3, 0.4) is 0 Å². The van der Waals surface area contributed by atoms with Gasteiger partial charge in [-0.25, -0.2) is 4.79 Å². The van der Waals surface area contributed by atoms with Crippen molar-refractivity contribution in [2.45, 2.75) is 13.0 Å². The van der Waals surface area contributed by atoms with E-state index < -0.39 is 5.97 Å². The van der Waals surface area contributed by atoms with Crippen molar-refractivity contribution in [3.8, 4) is 6.07 Å². The average molecular weight is 222 g/mol. The third-order valence-electron chi connectivity index (χ3n) is 2.32. The monoisotopic (exact) mass is 222 g/mol. The zero-order valence-electron chi connectivity index (χ0n) is 9.34. The van der Waals surface area contributed by atoms with Crippen molar-refractivity contribution in [1.82, 2.24) is 14.7 Å². The molecule has 0 spiro atoms. The topological polar surface area (TPSA) is 82.2 Å². The van der Waals surface area contributed by atoms with E-state index in [-0.39, 0.29) is 5.56 Å². The van der Waals surface area contributed by atoms with E-state index in [2.05, 4.69) is 5.10 Å². The molecule has 1 heterocycles. The van der Waals surface area contributed by atoms with E-state index in [1.54, 1.807) is 11.7 Å². The molecule has 86 valence electrons. The molecular formula is C10H14N4O2. The molecule has 1 N–H and O–H groups in total. The van der Waals surface area contributed by atoms with Gasteiger partial charge in [-0.3, -0.25) is 9.58 Å². The molecule has 0 unspecified atom stereocenters. The SMILES string of the molecule is CN(CCC#N)Cc1c(C(=O)O)cnn1C. The Morgan fingerprint density at radius 2 is 2.44 bits per heavy atom. The van der Waals surface area contributed by atoms with Crippen molar-refractivity contribution in [2.24, 2.45) is 7.05 Å². The summed E-state index contributed by atoms with van der Waals surface area (Å²) in [5.41, 5.74) is 0.860. The van der Waals surface area contributed by atoms with Crippen LogP contribution in [0.1, 0.15) is 22.5 Å². The van der Waals surface area contributed by atoms with Gasteiger partial charge in [0.1, 0.15) is 5.56 Å². The summed E-state index contributed by atoms with van der Waals surface area (Å²) in [7, 11) is 3.55. The van der Waals surface area contributed by atoms with Crippen molar-refractivity contribution >= 4 is 5.97 Å². The second-order valence-corrected chi connectivity index (χ2v) is 3.58. The fourth-order valence-corrected chi connectivity index (χ4v) is 1.40. The van der Waals surface area contributed by atoms with Gasteiger partial charge in [-0.1, -0.05) is 0 Å². The maximum Gasteiger partial charge on any atom is 0.339 e. The third-order valence-corrected chi connectivity index (χ3v) is 2.32. The molecule has 1 rings (SSSR count). The molecule has 16 heavy (non-hydrogen) atoms. The fraction of sp³-hybridized carbons (Fsp3) is 0.500. The summed E-state index contributed by atoms with van der Waals surface area (Å²) < 4.78 is 1.55. The Morgan fingerprint density at radius 1 is 1.75 bits per heavy atom. The zero-order chi connectivity index (χ0) is 12.1. The summed E-state index contributed by atoms with van der Waals surface area (Å²) >= 11 is 0. The van der Waals surface area contributed by atoms with Crippen LogP contribution in [0.5, 0.6) is 0 Å². The second-order valence-electron chi connectivity index (χ2n) is 3.58. The first-order valence-electron chi connectivity index (χ1n) is 4.86. The Kier molecular flexibility index (Phi) is 4.03. The lowest BCUT2D eigenvalue weighted by Crippen LogP contribution is -2.22. The van der Waals surface area contributed by atoms with Crippen LogP contribution in [0.2, 0.25) is 0 Å². The van der Waals surface area contributed by atoms with Gasteiger partial charge >= 0.3 is 5.97 Å². The highest BCUT2D eigenvalue weighted by Gasteiger charge is 2.16. The second kappa shape index (κ2) is 5.28. The van der Waals surface area contributed by atoms with Crippen LogP contribution in [-0.4, -0.2) is 39.3 Å². The van der Waals surface area contributed by atoms with Gasteiger partial charge in [0, 0.05) is 26.6 Å². The van der Waals surface area contributed by atoms with Crippen molar-refractivity contribution in [3.63, 3.8) is 0 Å². The minimum absolute atomic E-state index is 0.214. The highest BCUT2D eigenvalue weighted by molar-refractivity contribution is 5.88. The molecule has 0 aromatic carbocycles. The fourth-order valence-electron chi connectivity index (χ4n) is 1.40. The summed E-state index contributed by atoms with van der Waals surface area (Å²) in [6.07, 6.45) is 1.77. The smallest absolute Gasteiger partial charge is 0.339 e. The Balaban J connectivity index is 2.76. The first-order chi connectivity index (χ1) is 7.56. The molecular weight excluding hydrogens is 208 g/mol. The Morgan fingerprint density at radius 3 is 3.00 bits per heavy atom. The lowest BCUT2D eigenvalue weighted by atomic mass is 10.2. The summed E-state index contributed by atoms with van der Waals surface area (Å²) in [5, 5.41) is 21.3. The molecule has 0 saturated carbocycles. The lowest BCUT2D eigenvalue weighted by Gasteiger charge is -2.15. The number of nitriles is 1. The van der Waals surface area contributed by atoms with Crippen LogP contribution in [0.4, 0.5) is 0 Å². The molecule has 0 aliphatic rings. The molecule has 0 amide bonds. The largest absolute Gasteiger partial charge is 0.478 e. The van der Waals surface area contributed by atoms with Crippen LogP contribution in [-0.2, 0) is 13.6 Å². The van der Waals surface area contributed by atoms with E-state index in [4.69, 9.17) is 10.4 Å². The number of rotatable bonds is 5. The molecule has 1 aromatic heterocycles. The predicted octanol–water partition coefficient (Wildman–Crippen LogP) is 0.464. The molecule has 6 heteroatoms. The van der Waals surface area contributed by atoms with Gasteiger partial charge in [0.25, 0.3) is 0 Å². The number of carbonyl (C=O) groups is 1. The lowest BCUT2D eigenvalue weighted by molar-refractivity contribution is 0.0694. The first-order valence-corrected chi connectivity index (χ1v) is 4.86.